The Kier molecular flexibility index (Phi) is 14.7. The highest BCUT2D eigenvalue weighted by Gasteiger charge is 2.16. The average Bonchev–Trinajstić information content (AvgIpc) is 3.37. The molecule has 224 valence electrons. The molecule has 2 amide bonds. The molecule has 0 bridgehead atoms. The van der Waals surface area contributed by atoms with E-state index in [0.717, 1.165) is 25.3 Å². The molecule has 0 saturated heterocycles. The maximum absolute atomic E-state index is 12.8. The fraction of sp³-hybridized carbons (Fsp3) is 0.529. The number of rotatable bonds is 19. The molecule has 1 heterocycles. The van der Waals surface area contributed by atoms with Crippen molar-refractivity contribution >= 4 is 35.0 Å². The van der Waals surface area contributed by atoms with Crippen molar-refractivity contribution in [2.24, 2.45) is 0 Å². The van der Waals surface area contributed by atoms with Gasteiger partial charge in [-0.1, -0.05) is 95.8 Å². The van der Waals surface area contributed by atoms with Crippen molar-refractivity contribution in [2.45, 2.75) is 104 Å². The Bertz CT molecular complexity index is 1120. The van der Waals surface area contributed by atoms with Crippen LogP contribution in [0.3, 0.4) is 0 Å². The number of nitrogens with zero attached hydrogens (tertiary/aromatic N) is 1. The first-order valence-corrected chi connectivity index (χ1v) is 16.4. The summed E-state index contributed by atoms with van der Waals surface area (Å²) in [4.78, 5) is 28.7. The second-order valence-corrected chi connectivity index (χ2v) is 12.2. The Morgan fingerprint density at radius 3 is 2.07 bits per heavy atom. The molecule has 1 aliphatic rings. The molecule has 0 aromatic heterocycles. The second-order valence-electron chi connectivity index (χ2n) is 11.0. The number of para-hydroxylation sites is 1. The van der Waals surface area contributed by atoms with E-state index in [2.05, 4.69) is 35.6 Å². The van der Waals surface area contributed by atoms with Crippen molar-refractivity contribution in [3.8, 4) is 5.75 Å². The first kappa shape index (κ1) is 32.6. The number of hydrogen-bond acceptors (Lipinski definition) is 5. The van der Waals surface area contributed by atoms with E-state index in [1.54, 1.807) is 18.2 Å². The number of carbonyl (C=O) groups is 2. The number of Topliss-reactive ketones (excluding diaryl/α,β-unsaturated/α-hetero) is 1. The monoisotopic (exact) mass is 579 g/mol. The topological polar surface area (TPSA) is 70.7 Å². The molecule has 0 radical (unpaired) electrons. The number of unbranched alkanes of at least 4 members (excludes halogenated alkanes) is 11. The summed E-state index contributed by atoms with van der Waals surface area (Å²) in [5.41, 5.74) is 2.87. The number of amides is 2. The number of ether oxygens (including phenoxy) is 1. The number of anilines is 2. The van der Waals surface area contributed by atoms with E-state index in [1.165, 1.54) is 81.6 Å². The molecule has 0 spiro atoms. The van der Waals surface area contributed by atoms with Crippen molar-refractivity contribution in [2.75, 3.05) is 23.1 Å². The first-order chi connectivity index (χ1) is 20.0. The largest absolute Gasteiger partial charge is 0.491 e. The van der Waals surface area contributed by atoms with Gasteiger partial charge in [0, 0.05) is 18.4 Å². The molecule has 1 aliphatic heterocycles. The Labute approximate surface area is 251 Å². The Morgan fingerprint density at radius 1 is 0.854 bits per heavy atom. The van der Waals surface area contributed by atoms with Gasteiger partial charge in [-0.3, -0.25) is 4.79 Å². The highest BCUT2D eigenvalue weighted by atomic mass is 32.2. The molecule has 2 aromatic carbocycles. The summed E-state index contributed by atoms with van der Waals surface area (Å²) in [5, 5.41) is 5.77. The minimum atomic E-state index is -0.372. The summed E-state index contributed by atoms with van der Waals surface area (Å²) in [6.07, 6.45) is 17.5. The molecule has 0 aliphatic carbocycles. The predicted octanol–water partition coefficient (Wildman–Crippen LogP) is 9.98. The molecule has 2 N–H and O–H groups in total. The fourth-order valence-electron chi connectivity index (χ4n) is 5.01. The summed E-state index contributed by atoms with van der Waals surface area (Å²) in [5.74, 6) is 1.33. The zero-order chi connectivity index (χ0) is 29.3. The summed E-state index contributed by atoms with van der Waals surface area (Å²) in [6, 6.07) is 12.8. The van der Waals surface area contributed by atoms with Gasteiger partial charge in [-0.15, -0.1) is 11.8 Å². The van der Waals surface area contributed by atoms with Crippen molar-refractivity contribution in [3.05, 3.63) is 64.7 Å². The average molecular weight is 580 g/mol. The normalized spacial score (nSPS) is 12.8. The van der Waals surface area contributed by atoms with Gasteiger partial charge < -0.3 is 20.3 Å². The lowest BCUT2D eigenvalue weighted by molar-refractivity contribution is 0.101. The second kappa shape index (κ2) is 18.5. The van der Waals surface area contributed by atoms with Gasteiger partial charge in [0.1, 0.15) is 0 Å². The molecule has 3 rings (SSSR count). The maximum atomic E-state index is 12.8. The molecule has 41 heavy (non-hydrogen) atoms. The SMILES string of the molecule is CCCCCCCCCCCCCCOc1c(NC(=O)Nc2ccc(CN3C=C(C)SC3)cc2)cccc1C(C)=O. The smallest absolute Gasteiger partial charge is 0.323 e. The summed E-state index contributed by atoms with van der Waals surface area (Å²) in [7, 11) is 0. The van der Waals surface area contributed by atoms with Gasteiger partial charge in [-0.25, -0.2) is 4.79 Å². The standard InChI is InChI=1S/C34H49N3O3S/c1-4-5-6-7-8-9-10-11-12-13-14-15-23-40-33-31(28(3)38)17-16-18-32(33)36-34(39)35-30-21-19-29(20-22-30)25-37-24-27(2)41-26-37/h16-22,24H,4-15,23,25-26H2,1-3H3,(H2,35,36,39). The van der Waals surface area contributed by atoms with E-state index in [9.17, 15) is 9.59 Å². The van der Waals surface area contributed by atoms with Gasteiger partial charge >= 0.3 is 6.03 Å². The fourth-order valence-corrected chi connectivity index (χ4v) is 5.76. The molecule has 2 aromatic rings. The number of hydrogen-bond donors (Lipinski definition) is 2. The third-order valence-corrected chi connectivity index (χ3v) is 8.33. The molecular formula is C34H49N3O3S. The van der Waals surface area contributed by atoms with Crippen molar-refractivity contribution in [3.63, 3.8) is 0 Å². The van der Waals surface area contributed by atoms with E-state index in [1.807, 2.05) is 36.0 Å². The van der Waals surface area contributed by atoms with Crippen LogP contribution >= 0.6 is 11.8 Å². The summed E-state index contributed by atoms with van der Waals surface area (Å²) >= 11 is 1.84. The number of thioether (sulfide) groups is 1. The van der Waals surface area contributed by atoms with Crippen LogP contribution in [0.2, 0.25) is 0 Å². The number of ketones is 1. The van der Waals surface area contributed by atoms with Crippen molar-refractivity contribution < 1.29 is 14.3 Å². The van der Waals surface area contributed by atoms with Gasteiger partial charge in [0.25, 0.3) is 0 Å². The van der Waals surface area contributed by atoms with Gasteiger partial charge in [-0.2, -0.15) is 0 Å². The third-order valence-electron chi connectivity index (χ3n) is 7.31. The molecular weight excluding hydrogens is 530 g/mol. The van der Waals surface area contributed by atoms with Crippen LogP contribution in [-0.2, 0) is 6.54 Å². The Balaban J connectivity index is 1.41. The van der Waals surface area contributed by atoms with Gasteiger partial charge in [0.2, 0.25) is 0 Å². The van der Waals surface area contributed by atoms with Gasteiger partial charge in [0.15, 0.2) is 11.5 Å². The highest BCUT2D eigenvalue weighted by Crippen LogP contribution is 2.30. The number of benzene rings is 2. The number of urea groups is 1. The van der Waals surface area contributed by atoms with Crippen LogP contribution < -0.4 is 15.4 Å². The molecule has 0 atom stereocenters. The number of nitrogens with one attached hydrogen (secondary N) is 2. The number of allylic oxidation sites excluding steroid dienone is 1. The highest BCUT2D eigenvalue weighted by molar-refractivity contribution is 8.03. The minimum absolute atomic E-state index is 0.0872. The zero-order valence-corrected chi connectivity index (χ0v) is 26.1. The summed E-state index contributed by atoms with van der Waals surface area (Å²) in [6.45, 7) is 7.27. The molecule has 6 nitrogen and oxygen atoms in total. The van der Waals surface area contributed by atoms with Crippen molar-refractivity contribution in [1.29, 1.82) is 0 Å². The quantitative estimate of drug-likeness (QED) is 0.128. The zero-order valence-electron chi connectivity index (χ0n) is 25.3. The number of carbonyl (C=O) groups excluding carboxylic acids is 2. The third kappa shape index (κ3) is 12.2. The van der Waals surface area contributed by atoms with Crippen LogP contribution in [0, 0.1) is 0 Å². The van der Waals surface area contributed by atoms with Crippen LogP contribution in [0.15, 0.2) is 53.6 Å². The van der Waals surface area contributed by atoms with E-state index in [4.69, 9.17) is 4.74 Å². The van der Waals surface area contributed by atoms with Crippen LogP contribution in [0.4, 0.5) is 16.2 Å². The van der Waals surface area contributed by atoms with E-state index >= 15 is 0 Å². The molecule has 0 fully saturated rings. The minimum Gasteiger partial charge on any atom is -0.491 e. The van der Waals surface area contributed by atoms with E-state index < -0.39 is 0 Å². The maximum Gasteiger partial charge on any atom is 0.323 e. The van der Waals surface area contributed by atoms with Crippen LogP contribution in [0.1, 0.15) is 114 Å². The molecule has 0 unspecified atom stereocenters. The van der Waals surface area contributed by atoms with Crippen molar-refractivity contribution in [1.82, 2.24) is 4.90 Å². The lowest BCUT2D eigenvalue weighted by atomic mass is 10.1. The predicted molar refractivity (Wildman–Crippen MR) is 174 cm³/mol. The van der Waals surface area contributed by atoms with E-state index in [0.29, 0.717) is 29.3 Å². The van der Waals surface area contributed by atoms with Crippen LogP contribution in [-0.4, -0.2) is 29.2 Å². The summed E-state index contributed by atoms with van der Waals surface area (Å²) < 4.78 is 6.08. The first-order valence-electron chi connectivity index (χ1n) is 15.4. The van der Waals surface area contributed by atoms with E-state index in [-0.39, 0.29) is 11.8 Å². The Hall–Kier alpha value is -2.93. The van der Waals surface area contributed by atoms with Gasteiger partial charge in [-0.05, 0) is 55.0 Å². The molecule has 0 saturated carbocycles. The van der Waals surface area contributed by atoms with Crippen LogP contribution in [0.5, 0.6) is 5.75 Å². The molecule has 7 heteroatoms. The Morgan fingerprint density at radius 2 is 1.49 bits per heavy atom. The van der Waals surface area contributed by atoms with Gasteiger partial charge in [0.05, 0.1) is 23.7 Å². The lowest BCUT2D eigenvalue weighted by Gasteiger charge is -2.16. The van der Waals surface area contributed by atoms with Crippen LogP contribution in [0.25, 0.3) is 0 Å². The lowest BCUT2D eigenvalue weighted by Crippen LogP contribution is -2.20.